The molecule has 2 N–H and O–H groups in total. The molecule has 0 atom stereocenters. The van der Waals surface area contributed by atoms with Crippen molar-refractivity contribution >= 4 is 52.5 Å². The lowest BCUT2D eigenvalue weighted by Gasteiger charge is -2.07. The van der Waals surface area contributed by atoms with Gasteiger partial charge in [0.15, 0.2) is 0 Å². The molecule has 1 aromatic carbocycles. The zero-order chi connectivity index (χ0) is 13.8. The Balaban J connectivity index is 2.03. The predicted molar refractivity (Wildman–Crippen MR) is 76.1 cm³/mol. The van der Waals surface area contributed by atoms with Gasteiger partial charge in [-0.2, -0.15) is 0 Å². The van der Waals surface area contributed by atoms with Crippen LogP contribution in [0.5, 0.6) is 0 Å². The van der Waals surface area contributed by atoms with Gasteiger partial charge in [0.05, 0.1) is 10.0 Å². The summed E-state index contributed by atoms with van der Waals surface area (Å²) in [6.07, 6.45) is 1.43. The van der Waals surface area contributed by atoms with Crippen molar-refractivity contribution in [1.29, 1.82) is 0 Å². The van der Waals surface area contributed by atoms with Crippen molar-refractivity contribution in [2.24, 2.45) is 0 Å². The Kier molecular flexibility index (Phi) is 4.42. The molecule has 0 radical (unpaired) electrons. The molecular formula is C11H7Cl3N4O. The molecular weight excluding hydrogens is 311 g/mol. The van der Waals surface area contributed by atoms with E-state index < -0.39 is 6.03 Å². The summed E-state index contributed by atoms with van der Waals surface area (Å²) in [5, 5.41) is 5.98. The van der Waals surface area contributed by atoms with E-state index in [1.165, 1.54) is 18.3 Å². The number of amides is 2. The molecule has 19 heavy (non-hydrogen) atoms. The van der Waals surface area contributed by atoms with Crippen LogP contribution in [0.15, 0.2) is 30.5 Å². The predicted octanol–water partition coefficient (Wildman–Crippen LogP) is 4.08. The molecule has 2 amide bonds. The SMILES string of the molecule is O=C(Nc1ccc(Cl)c(Cl)c1)Nc1nccc(Cl)n1. The number of urea groups is 1. The molecule has 0 saturated carbocycles. The smallest absolute Gasteiger partial charge is 0.308 e. The van der Waals surface area contributed by atoms with Crippen molar-refractivity contribution in [3.05, 3.63) is 45.7 Å². The molecule has 0 fully saturated rings. The summed E-state index contributed by atoms with van der Waals surface area (Å²) in [6, 6.07) is 5.72. The third-order valence-corrected chi connectivity index (χ3v) is 2.97. The molecule has 5 nitrogen and oxygen atoms in total. The number of aromatic nitrogens is 2. The van der Waals surface area contributed by atoms with Crippen molar-refractivity contribution in [2.45, 2.75) is 0 Å². The molecule has 1 aromatic heterocycles. The summed E-state index contributed by atoms with van der Waals surface area (Å²) in [5.74, 6) is 0.102. The van der Waals surface area contributed by atoms with Gasteiger partial charge in [-0.15, -0.1) is 0 Å². The zero-order valence-electron chi connectivity index (χ0n) is 9.32. The molecule has 2 rings (SSSR count). The summed E-state index contributed by atoms with van der Waals surface area (Å²) in [4.78, 5) is 19.3. The topological polar surface area (TPSA) is 66.9 Å². The molecule has 1 heterocycles. The van der Waals surface area contributed by atoms with E-state index in [1.54, 1.807) is 12.1 Å². The maximum Gasteiger partial charge on any atom is 0.326 e. The maximum absolute atomic E-state index is 11.7. The summed E-state index contributed by atoms with van der Waals surface area (Å²) in [7, 11) is 0. The highest BCUT2D eigenvalue weighted by atomic mass is 35.5. The quantitative estimate of drug-likeness (QED) is 0.820. The van der Waals surface area contributed by atoms with Gasteiger partial charge in [0.1, 0.15) is 5.15 Å². The van der Waals surface area contributed by atoms with Crippen LogP contribution in [0.2, 0.25) is 15.2 Å². The Morgan fingerprint density at radius 1 is 1.05 bits per heavy atom. The van der Waals surface area contributed by atoms with Gasteiger partial charge in [0, 0.05) is 11.9 Å². The lowest BCUT2D eigenvalue weighted by molar-refractivity contribution is 0.262. The number of anilines is 2. The van der Waals surface area contributed by atoms with E-state index in [1.807, 2.05) is 0 Å². The largest absolute Gasteiger partial charge is 0.326 e. The van der Waals surface area contributed by atoms with Crippen molar-refractivity contribution in [3.8, 4) is 0 Å². The third kappa shape index (κ3) is 3.96. The molecule has 0 aliphatic rings. The van der Waals surface area contributed by atoms with Crippen molar-refractivity contribution < 1.29 is 4.79 Å². The highest BCUT2D eigenvalue weighted by molar-refractivity contribution is 6.42. The Hall–Kier alpha value is -1.56. The molecule has 2 aromatic rings. The van der Waals surface area contributed by atoms with Crippen LogP contribution in [0.1, 0.15) is 0 Å². The van der Waals surface area contributed by atoms with E-state index in [2.05, 4.69) is 20.6 Å². The highest BCUT2D eigenvalue weighted by Gasteiger charge is 2.06. The average Bonchev–Trinajstić information content (AvgIpc) is 2.34. The number of hydrogen-bond donors (Lipinski definition) is 2. The molecule has 8 heteroatoms. The van der Waals surface area contributed by atoms with E-state index in [0.29, 0.717) is 15.7 Å². The molecule has 98 valence electrons. The minimum Gasteiger partial charge on any atom is -0.308 e. The van der Waals surface area contributed by atoms with Crippen LogP contribution >= 0.6 is 34.8 Å². The number of halogens is 3. The van der Waals surface area contributed by atoms with E-state index >= 15 is 0 Å². The molecule has 0 aliphatic heterocycles. The van der Waals surface area contributed by atoms with Crippen molar-refractivity contribution in [3.63, 3.8) is 0 Å². The molecule has 0 unspecified atom stereocenters. The highest BCUT2D eigenvalue weighted by Crippen LogP contribution is 2.25. The van der Waals surface area contributed by atoms with E-state index in [0.717, 1.165) is 0 Å². The summed E-state index contributed by atoms with van der Waals surface area (Å²) >= 11 is 17.3. The van der Waals surface area contributed by atoms with Crippen LogP contribution in [-0.2, 0) is 0 Å². The van der Waals surface area contributed by atoms with Crippen LogP contribution in [-0.4, -0.2) is 16.0 Å². The van der Waals surface area contributed by atoms with Gasteiger partial charge >= 0.3 is 6.03 Å². The van der Waals surface area contributed by atoms with Gasteiger partial charge in [-0.1, -0.05) is 34.8 Å². The number of hydrogen-bond acceptors (Lipinski definition) is 3. The Morgan fingerprint density at radius 3 is 2.53 bits per heavy atom. The number of benzene rings is 1. The molecule has 0 saturated heterocycles. The van der Waals surface area contributed by atoms with Crippen molar-refractivity contribution in [2.75, 3.05) is 10.6 Å². The lowest BCUT2D eigenvalue weighted by Crippen LogP contribution is -2.20. The summed E-state index contributed by atoms with van der Waals surface area (Å²) < 4.78 is 0. The standard InChI is InChI=1S/C11H7Cl3N4O/c12-7-2-1-6(5-8(7)13)16-11(19)18-10-15-4-3-9(14)17-10/h1-5H,(H2,15,16,17,18,19). The Morgan fingerprint density at radius 2 is 1.84 bits per heavy atom. The van der Waals surface area contributed by atoms with Crippen LogP contribution < -0.4 is 10.6 Å². The lowest BCUT2D eigenvalue weighted by atomic mass is 10.3. The Labute approximate surface area is 123 Å². The van der Waals surface area contributed by atoms with Gasteiger partial charge in [-0.3, -0.25) is 5.32 Å². The maximum atomic E-state index is 11.7. The second-order valence-corrected chi connectivity index (χ2v) is 4.61. The van der Waals surface area contributed by atoms with Gasteiger partial charge in [-0.05, 0) is 24.3 Å². The monoisotopic (exact) mass is 316 g/mol. The fourth-order valence-electron chi connectivity index (χ4n) is 1.23. The van der Waals surface area contributed by atoms with Gasteiger partial charge in [0.25, 0.3) is 0 Å². The number of carbonyl (C=O) groups is 1. The average molecular weight is 318 g/mol. The van der Waals surface area contributed by atoms with E-state index in [4.69, 9.17) is 34.8 Å². The normalized spacial score (nSPS) is 10.1. The van der Waals surface area contributed by atoms with E-state index in [9.17, 15) is 4.79 Å². The zero-order valence-corrected chi connectivity index (χ0v) is 11.6. The fraction of sp³-hybridized carbons (Fsp3) is 0. The minimum absolute atomic E-state index is 0.102. The van der Waals surface area contributed by atoms with Crippen molar-refractivity contribution in [1.82, 2.24) is 9.97 Å². The van der Waals surface area contributed by atoms with Crippen LogP contribution in [0.25, 0.3) is 0 Å². The molecule has 0 bridgehead atoms. The summed E-state index contributed by atoms with van der Waals surface area (Å²) in [5.41, 5.74) is 0.494. The third-order valence-electron chi connectivity index (χ3n) is 2.02. The molecule has 0 spiro atoms. The number of nitrogens with zero attached hydrogens (tertiary/aromatic N) is 2. The summed E-state index contributed by atoms with van der Waals surface area (Å²) in [6.45, 7) is 0. The number of nitrogens with one attached hydrogen (secondary N) is 2. The first-order valence-electron chi connectivity index (χ1n) is 5.06. The number of rotatable bonds is 2. The van der Waals surface area contributed by atoms with Crippen LogP contribution in [0, 0.1) is 0 Å². The number of carbonyl (C=O) groups excluding carboxylic acids is 1. The van der Waals surface area contributed by atoms with Gasteiger partial charge < -0.3 is 5.32 Å². The first-order chi connectivity index (χ1) is 9.04. The van der Waals surface area contributed by atoms with Gasteiger partial charge in [-0.25, -0.2) is 14.8 Å². The second kappa shape index (κ2) is 6.06. The Bertz CT molecular complexity index is 621. The minimum atomic E-state index is -0.513. The fourth-order valence-corrected chi connectivity index (χ4v) is 1.67. The second-order valence-electron chi connectivity index (χ2n) is 3.41. The van der Waals surface area contributed by atoms with Crippen LogP contribution in [0.4, 0.5) is 16.4 Å². The van der Waals surface area contributed by atoms with Gasteiger partial charge in [0.2, 0.25) is 5.95 Å². The molecule has 0 aliphatic carbocycles. The van der Waals surface area contributed by atoms with Crippen LogP contribution in [0.3, 0.4) is 0 Å². The van der Waals surface area contributed by atoms with E-state index in [-0.39, 0.29) is 11.1 Å². The first-order valence-corrected chi connectivity index (χ1v) is 6.19. The first kappa shape index (κ1) is 13.9.